The lowest BCUT2D eigenvalue weighted by Crippen LogP contribution is -2.17. The summed E-state index contributed by atoms with van der Waals surface area (Å²) in [5.74, 6) is 0.893. The first-order valence-corrected chi connectivity index (χ1v) is 6.50. The molecule has 0 bridgehead atoms. The van der Waals surface area contributed by atoms with Crippen LogP contribution in [0.25, 0.3) is 0 Å². The van der Waals surface area contributed by atoms with E-state index < -0.39 is 0 Å². The van der Waals surface area contributed by atoms with Crippen molar-refractivity contribution >= 4 is 0 Å². The summed E-state index contributed by atoms with van der Waals surface area (Å²) in [6, 6.07) is 0.755. The fourth-order valence-corrected chi connectivity index (χ4v) is 2.49. The Labute approximate surface area is 98.0 Å². The quantitative estimate of drug-likeness (QED) is 0.852. The van der Waals surface area contributed by atoms with Crippen molar-refractivity contribution < 1.29 is 0 Å². The smallest absolute Gasteiger partial charge is 0.0537 e. The van der Waals surface area contributed by atoms with Crippen LogP contribution in [0.15, 0.2) is 12.4 Å². The summed E-state index contributed by atoms with van der Waals surface area (Å²) in [5, 5.41) is 4.47. The van der Waals surface area contributed by atoms with E-state index in [9.17, 15) is 0 Å². The third kappa shape index (κ3) is 2.46. The van der Waals surface area contributed by atoms with Crippen LogP contribution in [0.5, 0.6) is 0 Å². The number of aromatic nitrogens is 2. The van der Waals surface area contributed by atoms with Gasteiger partial charge in [0.05, 0.1) is 12.2 Å². The van der Waals surface area contributed by atoms with Crippen molar-refractivity contribution in [2.75, 3.05) is 0 Å². The molecule has 1 fully saturated rings. The molecule has 0 aromatic carbocycles. The van der Waals surface area contributed by atoms with Gasteiger partial charge in [-0.05, 0) is 38.0 Å². The third-order valence-electron chi connectivity index (χ3n) is 3.85. The standard InChI is InChI=1S/C13H23N3/c1-3-13(14)11-8-15-16(9-11)12-6-4-10(2)5-7-12/h8-10,12-13H,3-7,14H2,1-2H3. The summed E-state index contributed by atoms with van der Waals surface area (Å²) < 4.78 is 2.14. The van der Waals surface area contributed by atoms with Gasteiger partial charge in [0.25, 0.3) is 0 Å². The molecule has 0 radical (unpaired) electrons. The molecule has 3 nitrogen and oxygen atoms in total. The SMILES string of the molecule is CCC(N)c1cnn(C2CCC(C)CC2)c1. The summed E-state index contributed by atoms with van der Waals surface area (Å²) in [6.45, 7) is 4.46. The highest BCUT2D eigenvalue weighted by Crippen LogP contribution is 2.31. The minimum absolute atomic E-state index is 0.149. The van der Waals surface area contributed by atoms with Crippen LogP contribution < -0.4 is 5.73 Å². The van der Waals surface area contributed by atoms with E-state index in [4.69, 9.17) is 5.73 Å². The molecule has 90 valence electrons. The molecule has 0 spiro atoms. The zero-order valence-corrected chi connectivity index (χ0v) is 10.4. The van der Waals surface area contributed by atoms with Gasteiger partial charge >= 0.3 is 0 Å². The topological polar surface area (TPSA) is 43.8 Å². The van der Waals surface area contributed by atoms with Crippen LogP contribution in [0.3, 0.4) is 0 Å². The van der Waals surface area contributed by atoms with Crippen LogP contribution in [-0.2, 0) is 0 Å². The van der Waals surface area contributed by atoms with Crippen molar-refractivity contribution in [3.05, 3.63) is 18.0 Å². The molecule has 1 aromatic rings. The normalized spacial score (nSPS) is 27.9. The van der Waals surface area contributed by atoms with E-state index in [0.717, 1.165) is 12.3 Å². The van der Waals surface area contributed by atoms with E-state index in [1.807, 2.05) is 6.20 Å². The predicted octanol–water partition coefficient (Wildman–Crippen LogP) is 3.04. The molecular weight excluding hydrogens is 198 g/mol. The average Bonchev–Trinajstić information content (AvgIpc) is 2.78. The van der Waals surface area contributed by atoms with Crippen molar-refractivity contribution in [2.45, 2.75) is 58.0 Å². The Bertz CT molecular complexity index is 324. The maximum Gasteiger partial charge on any atom is 0.0537 e. The largest absolute Gasteiger partial charge is 0.324 e. The first-order valence-electron chi connectivity index (χ1n) is 6.50. The van der Waals surface area contributed by atoms with Crippen molar-refractivity contribution in [3.63, 3.8) is 0 Å². The molecule has 1 heterocycles. The van der Waals surface area contributed by atoms with Crippen LogP contribution in [0.2, 0.25) is 0 Å². The second-order valence-corrected chi connectivity index (χ2v) is 5.18. The highest BCUT2D eigenvalue weighted by atomic mass is 15.3. The zero-order valence-electron chi connectivity index (χ0n) is 10.4. The second-order valence-electron chi connectivity index (χ2n) is 5.18. The van der Waals surface area contributed by atoms with Gasteiger partial charge in [-0.25, -0.2) is 0 Å². The third-order valence-corrected chi connectivity index (χ3v) is 3.85. The second kappa shape index (κ2) is 5.00. The molecule has 16 heavy (non-hydrogen) atoms. The summed E-state index contributed by atoms with van der Waals surface area (Å²) in [4.78, 5) is 0. The van der Waals surface area contributed by atoms with Crippen molar-refractivity contribution in [2.24, 2.45) is 11.7 Å². The van der Waals surface area contributed by atoms with E-state index in [-0.39, 0.29) is 6.04 Å². The number of hydrogen-bond donors (Lipinski definition) is 1. The average molecular weight is 221 g/mol. The summed E-state index contributed by atoms with van der Waals surface area (Å²) in [5.41, 5.74) is 7.19. The first kappa shape index (κ1) is 11.6. The Morgan fingerprint density at radius 1 is 1.44 bits per heavy atom. The van der Waals surface area contributed by atoms with Gasteiger partial charge in [-0.1, -0.05) is 13.8 Å². The Kier molecular flexibility index (Phi) is 3.64. The Morgan fingerprint density at radius 2 is 2.12 bits per heavy atom. The van der Waals surface area contributed by atoms with E-state index in [1.165, 1.54) is 31.2 Å². The summed E-state index contributed by atoms with van der Waals surface area (Å²) in [6.07, 6.45) is 10.3. The zero-order chi connectivity index (χ0) is 11.5. The minimum Gasteiger partial charge on any atom is -0.324 e. The maximum absolute atomic E-state index is 6.01. The molecule has 0 amide bonds. The monoisotopic (exact) mass is 221 g/mol. The molecular formula is C13H23N3. The van der Waals surface area contributed by atoms with Crippen LogP contribution in [-0.4, -0.2) is 9.78 Å². The fraction of sp³-hybridized carbons (Fsp3) is 0.769. The number of hydrogen-bond acceptors (Lipinski definition) is 2. The van der Waals surface area contributed by atoms with E-state index in [0.29, 0.717) is 6.04 Å². The van der Waals surface area contributed by atoms with E-state index in [2.05, 4.69) is 29.8 Å². The van der Waals surface area contributed by atoms with Crippen molar-refractivity contribution in [1.29, 1.82) is 0 Å². The molecule has 1 unspecified atom stereocenters. The maximum atomic E-state index is 6.01. The first-order chi connectivity index (χ1) is 7.70. The summed E-state index contributed by atoms with van der Waals surface area (Å²) in [7, 11) is 0. The molecule has 1 aromatic heterocycles. The molecule has 2 rings (SSSR count). The van der Waals surface area contributed by atoms with Gasteiger partial charge in [0, 0.05) is 17.8 Å². The van der Waals surface area contributed by atoms with Gasteiger partial charge in [0.15, 0.2) is 0 Å². The Hall–Kier alpha value is -0.830. The highest BCUT2D eigenvalue weighted by molar-refractivity contribution is 5.09. The van der Waals surface area contributed by atoms with Crippen molar-refractivity contribution in [1.82, 2.24) is 9.78 Å². The molecule has 3 heteroatoms. The van der Waals surface area contributed by atoms with Gasteiger partial charge in [0.2, 0.25) is 0 Å². The van der Waals surface area contributed by atoms with Crippen molar-refractivity contribution in [3.8, 4) is 0 Å². The lowest BCUT2D eigenvalue weighted by atomic mass is 9.87. The van der Waals surface area contributed by atoms with E-state index >= 15 is 0 Å². The molecule has 0 aliphatic heterocycles. The number of nitrogens with two attached hydrogens (primary N) is 1. The number of rotatable bonds is 3. The van der Waals surface area contributed by atoms with Gasteiger partial charge in [-0.15, -0.1) is 0 Å². The number of nitrogens with zero attached hydrogens (tertiary/aromatic N) is 2. The molecule has 1 aliphatic carbocycles. The van der Waals surface area contributed by atoms with E-state index in [1.54, 1.807) is 0 Å². The lowest BCUT2D eigenvalue weighted by molar-refractivity contribution is 0.274. The van der Waals surface area contributed by atoms with Gasteiger partial charge in [-0.2, -0.15) is 5.10 Å². The molecule has 1 saturated carbocycles. The molecule has 1 aliphatic rings. The van der Waals surface area contributed by atoms with Crippen LogP contribution in [0.1, 0.15) is 63.6 Å². The van der Waals surface area contributed by atoms with Crippen LogP contribution in [0, 0.1) is 5.92 Å². The highest BCUT2D eigenvalue weighted by Gasteiger charge is 2.20. The molecule has 0 saturated heterocycles. The van der Waals surface area contributed by atoms with Gasteiger partial charge in [0.1, 0.15) is 0 Å². The summed E-state index contributed by atoms with van der Waals surface area (Å²) >= 11 is 0. The molecule has 2 N–H and O–H groups in total. The predicted molar refractivity (Wildman–Crippen MR) is 66.1 cm³/mol. The lowest BCUT2D eigenvalue weighted by Gasteiger charge is -2.26. The van der Waals surface area contributed by atoms with Gasteiger partial charge < -0.3 is 5.73 Å². The van der Waals surface area contributed by atoms with Crippen LogP contribution in [0.4, 0.5) is 0 Å². The Balaban J connectivity index is 2.01. The van der Waals surface area contributed by atoms with Crippen LogP contribution >= 0.6 is 0 Å². The fourth-order valence-electron chi connectivity index (χ4n) is 2.49. The molecule has 1 atom stereocenters. The van der Waals surface area contributed by atoms with Gasteiger partial charge in [-0.3, -0.25) is 4.68 Å². The Morgan fingerprint density at radius 3 is 2.75 bits per heavy atom. The minimum atomic E-state index is 0.149.